The van der Waals surface area contributed by atoms with Crippen molar-refractivity contribution in [1.82, 2.24) is 9.97 Å². The molecule has 5 aromatic carbocycles. The Hall–Kier alpha value is -6.72. The van der Waals surface area contributed by atoms with Gasteiger partial charge in [0.15, 0.2) is 0 Å². The van der Waals surface area contributed by atoms with Crippen LogP contribution in [0.5, 0.6) is 0 Å². The van der Waals surface area contributed by atoms with E-state index in [2.05, 4.69) is 82.8 Å². The molecule has 0 saturated heterocycles. The summed E-state index contributed by atoms with van der Waals surface area (Å²) in [5.41, 5.74) is 17.1. The van der Waals surface area contributed by atoms with E-state index in [9.17, 15) is 0 Å². The van der Waals surface area contributed by atoms with Crippen molar-refractivity contribution >= 4 is 39.0 Å². The fourth-order valence-electron chi connectivity index (χ4n) is 5.99. The van der Waals surface area contributed by atoms with Gasteiger partial charge in [0.1, 0.15) is 0 Å². The molecule has 5 heteroatoms. The molecule has 2 heterocycles. The zero-order valence-electron chi connectivity index (χ0n) is 26.7. The SMILES string of the molecule is N=C1C=C(c2cccc(-c3cccnc3)c2)C=C(c2cccc(-c3cccnc3)c2)C1=N.Nc1ccc(-c2cccc3ccccc23)cc1. The Morgan fingerprint density at radius 2 is 1.04 bits per heavy atom. The number of nitrogens with one attached hydrogen (secondary N) is 2. The van der Waals surface area contributed by atoms with Crippen molar-refractivity contribution in [2.45, 2.75) is 0 Å². The minimum atomic E-state index is 0.205. The first-order valence-corrected chi connectivity index (χ1v) is 16.0. The van der Waals surface area contributed by atoms with Crippen LogP contribution < -0.4 is 5.73 Å². The molecular formula is C44H33N5. The Bertz CT molecular complexity index is 2350. The number of benzene rings is 5. The van der Waals surface area contributed by atoms with Crippen LogP contribution in [0.1, 0.15) is 11.1 Å². The maximum Gasteiger partial charge on any atom is 0.0867 e. The molecule has 0 radical (unpaired) electrons. The van der Waals surface area contributed by atoms with Gasteiger partial charge in [-0.25, -0.2) is 0 Å². The second-order valence-corrected chi connectivity index (χ2v) is 11.7. The Morgan fingerprint density at radius 1 is 0.469 bits per heavy atom. The smallest absolute Gasteiger partial charge is 0.0867 e. The van der Waals surface area contributed by atoms with Gasteiger partial charge < -0.3 is 5.73 Å². The van der Waals surface area contributed by atoms with E-state index in [0.29, 0.717) is 0 Å². The number of fused-ring (bicyclic) bond motifs is 1. The lowest BCUT2D eigenvalue weighted by molar-refractivity contribution is 1.33. The lowest BCUT2D eigenvalue weighted by Crippen LogP contribution is -2.15. The molecule has 0 fully saturated rings. The minimum absolute atomic E-state index is 0.205. The van der Waals surface area contributed by atoms with Gasteiger partial charge in [-0.2, -0.15) is 0 Å². The Balaban J connectivity index is 0.000000186. The molecule has 49 heavy (non-hydrogen) atoms. The molecule has 234 valence electrons. The van der Waals surface area contributed by atoms with Crippen LogP contribution in [0.2, 0.25) is 0 Å². The number of pyridine rings is 2. The highest BCUT2D eigenvalue weighted by Crippen LogP contribution is 2.32. The van der Waals surface area contributed by atoms with Gasteiger partial charge in [-0.3, -0.25) is 20.8 Å². The molecule has 0 atom stereocenters. The molecule has 0 unspecified atom stereocenters. The van der Waals surface area contributed by atoms with Crippen LogP contribution in [0, 0.1) is 10.8 Å². The van der Waals surface area contributed by atoms with E-state index in [0.717, 1.165) is 50.2 Å². The van der Waals surface area contributed by atoms with Crippen molar-refractivity contribution in [2.75, 3.05) is 5.73 Å². The summed E-state index contributed by atoms with van der Waals surface area (Å²) in [5, 5.41) is 19.5. The van der Waals surface area contributed by atoms with Crippen molar-refractivity contribution in [1.29, 1.82) is 10.8 Å². The number of nitrogen functional groups attached to an aromatic ring is 1. The molecule has 5 nitrogen and oxygen atoms in total. The summed E-state index contributed by atoms with van der Waals surface area (Å²) in [6, 6.07) is 47.0. The Morgan fingerprint density at radius 3 is 1.71 bits per heavy atom. The van der Waals surface area contributed by atoms with E-state index >= 15 is 0 Å². The average molecular weight is 632 g/mol. The molecule has 2 aromatic heterocycles. The standard InChI is InChI=1S/C28H20N4.C16H13N/c29-27-16-25(21-7-1-5-19(13-21)23-9-3-11-31-17-23)15-26(28(27)30)22-8-2-6-20(14-22)24-10-4-12-32-18-24;17-14-10-8-13(9-11-14)16-7-3-5-12-4-1-2-6-15(12)16/h1-18,29-30H;1-11H,17H2. The highest BCUT2D eigenvalue weighted by Gasteiger charge is 2.19. The van der Waals surface area contributed by atoms with Crippen molar-refractivity contribution in [2.24, 2.45) is 0 Å². The predicted molar refractivity (Wildman–Crippen MR) is 205 cm³/mol. The van der Waals surface area contributed by atoms with Crippen LogP contribution in [0.4, 0.5) is 5.69 Å². The lowest BCUT2D eigenvalue weighted by Gasteiger charge is -2.18. The van der Waals surface area contributed by atoms with Gasteiger partial charge in [0, 0.05) is 47.2 Å². The summed E-state index contributed by atoms with van der Waals surface area (Å²) in [6.45, 7) is 0. The molecule has 8 rings (SSSR count). The predicted octanol–water partition coefficient (Wildman–Crippen LogP) is 10.4. The number of nitrogens with zero attached hydrogens (tertiary/aromatic N) is 2. The third-order valence-electron chi connectivity index (χ3n) is 8.51. The molecule has 4 N–H and O–H groups in total. The van der Waals surface area contributed by atoms with Crippen molar-refractivity contribution in [3.05, 3.63) is 188 Å². The topological polar surface area (TPSA) is 99.5 Å². The quantitative estimate of drug-likeness (QED) is 0.130. The first-order chi connectivity index (χ1) is 24.0. The number of aromatic nitrogens is 2. The molecular weight excluding hydrogens is 599 g/mol. The number of anilines is 1. The average Bonchev–Trinajstić information content (AvgIpc) is 3.17. The van der Waals surface area contributed by atoms with E-state index in [-0.39, 0.29) is 11.4 Å². The Labute approximate surface area is 285 Å². The number of nitrogens with two attached hydrogens (primary N) is 1. The van der Waals surface area contributed by atoms with Gasteiger partial charge in [0.05, 0.1) is 11.4 Å². The number of hydrogen-bond acceptors (Lipinski definition) is 5. The summed E-state index contributed by atoms with van der Waals surface area (Å²) < 4.78 is 0. The number of allylic oxidation sites excluding steroid dienone is 4. The minimum Gasteiger partial charge on any atom is -0.399 e. The van der Waals surface area contributed by atoms with E-state index in [1.54, 1.807) is 18.5 Å². The summed E-state index contributed by atoms with van der Waals surface area (Å²) in [5.74, 6) is 0. The molecule has 7 aromatic rings. The van der Waals surface area contributed by atoms with Gasteiger partial charge in [0.2, 0.25) is 0 Å². The third-order valence-corrected chi connectivity index (χ3v) is 8.51. The van der Waals surface area contributed by atoms with Crippen molar-refractivity contribution < 1.29 is 0 Å². The van der Waals surface area contributed by atoms with E-state index in [1.807, 2.05) is 85.2 Å². The van der Waals surface area contributed by atoms with E-state index in [1.165, 1.54) is 21.9 Å². The monoisotopic (exact) mass is 631 g/mol. The van der Waals surface area contributed by atoms with E-state index < -0.39 is 0 Å². The molecule has 1 aliphatic rings. The largest absolute Gasteiger partial charge is 0.399 e. The molecule has 0 amide bonds. The van der Waals surface area contributed by atoms with Gasteiger partial charge in [0.25, 0.3) is 0 Å². The zero-order chi connectivity index (χ0) is 33.6. The van der Waals surface area contributed by atoms with Crippen LogP contribution in [0.3, 0.4) is 0 Å². The summed E-state index contributed by atoms with van der Waals surface area (Å²) in [6.07, 6.45) is 11.0. The lowest BCUT2D eigenvalue weighted by atomic mass is 9.87. The number of hydrogen-bond donors (Lipinski definition) is 3. The zero-order valence-corrected chi connectivity index (χ0v) is 26.7. The second-order valence-electron chi connectivity index (χ2n) is 11.7. The fraction of sp³-hybridized carbons (Fsp3) is 0. The maximum absolute atomic E-state index is 8.54. The van der Waals surface area contributed by atoms with Gasteiger partial charge in [-0.1, -0.05) is 103 Å². The fourth-order valence-corrected chi connectivity index (χ4v) is 5.99. The van der Waals surface area contributed by atoms with Gasteiger partial charge in [-0.15, -0.1) is 0 Å². The summed E-state index contributed by atoms with van der Waals surface area (Å²) >= 11 is 0. The second kappa shape index (κ2) is 14.0. The Kier molecular flexibility index (Phi) is 8.80. The first-order valence-electron chi connectivity index (χ1n) is 16.0. The molecule has 0 spiro atoms. The van der Waals surface area contributed by atoms with Crippen LogP contribution in [0.25, 0.3) is 55.3 Å². The highest BCUT2D eigenvalue weighted by atomic mass is 14.6. The molecule has 1 aliphatic carbocycles. The third kappa shape index (κ3) is 6.87. The van der Waals surface area contributed by atoms with Crippen LogP contribution >= 0.6 is 0 Å². The molecule has 0 bridgehead atoms. The van der Waals surface area contributed by atoms with Crippen molar-refractivity contribution in [3.8, 4) is 33.4 Å². The normalized spacial score (nSPS) is 12.5. The van der Waals surface area contributed by atoms with Crippen LogP contribution in [0.15, 0.2) is 176 Å². The van der Waals surface area contributed by atoms with Gasteiger partial charge >= 0.3 is 0 Å². The molecule has 0 aliphatic heterocycles. The molecule has 0 saturated carbocycles. The maximum atomic E-state index is 8.54. The van der Waals surface area contributed by atoms with Crippen LogP contribution in [-0.2, 0) is 0 Å². The highest BCUT2D eigenvalue weighted by molar-refractivity contribution is 6.61. The number of rotatable bonds is 5. The van der Waals surface area contributed by atoms with Gasteiger partial charge in [-0.05, 0) is 98.3 Å². The van der Waals surface area contributed by atoms with Crippen LogP contribution in [-0.4, -0.2) is 21.4 Å². The summed E-state index contributed by atoms with van der Waals surface area (Å²) in [4.78, 5) is 8.43. The first kappa shape index (κ1) is 30.9. The summed E-state index contributed by atoms with van der Waals surface area (Å²) in [7, 11) is 0. The van der Waals surface area contributed by atoms with E-state index in [4.69, 9.17) is 16.6 Å². The van der Waals surface area contributed by atoms with Crippen molar-refractivity contribution in [3.63, 3.8) is 0 Å².